The summed E-state index contributed by atoms with van der Waals surface area (Å²) < 4.78 is 13.9. The van der Waals surface area contributed by atoms with E-state index in [0.717, 1.165) is 10.0 Å². The number of hydrogen-bond donors (Lipinski definition) is 1. The molecule has 2 aromatic carbocycles. The minimum atomic E-state index is -0.359. The normalized spacial score (nSPS) is 10.3. The molecule has 3 heteroatoms. The first-order chi connectivity index (χ1) is 7.16. The highest BCUT2D eigenvalue weighted by Gasteiger charge is 2.05. The lowest BCUT2D eigenvalue weighted by molar-refractivity contribution is 0.475. The number of benzene rings is 2. The van der Waals surface area contributed by atoms with Crippen LogP contribution >= 0.6 is 15.9 Å². The zero-order valence-electron chi connectivity index (χ0n) is 7.74. The fourth-order valence-corrected chi connectivity index (χ4v) is 1.79. The molecule has 0 spiro atoms. The van der Waals surface area contributed by atoms with Gasteiger partial charge in [-0.25, -0.2) is 4.39 Å². The van der Waals surface area contributed by atoms with Gasteiger partial charge in [0.15, 0.2) is 0 Å². The lowest BCUT2D eigenvalue weighted by Crippen LogP contribution is -1.81. The van der Waals surface area contributed by atoms with E-state index in [1.165, 1.54) is 18.2 Å². The summed E-state index contributed by atoms with van der Waals surface area (Å²) in [7, 11) is 0. The molecule has 1 N–H and O–H groups in total. The second-order valence-corrected chi connectivity index (χ2v) is 4.09. The Bertz CT molecular complexity index is 497. The first kappa shape index (κ1) is 10.2. The largest absolute Gasteiger partial charge is 0.507 e. The predicted octanol–water partition coefficient (Wildman–Crippen LogP) is 3.96. The maximum absolute atomic E-state index is 13.0. The summed E-state index contributed by atoms with van der Waals surface area (Å²) in [5.41, 5.74) is 1.28. The molecule has 0 heterocycles. The van der Waals surface area contributed by atoms with Gasteiger partial charge >= 0.3 is 0 Å². The molecule has 15 heavy (non-hydrogen) atoms. The Morgan fingerprint density at radius 1 is 1.07 bits per heavy atom. The lowest BCUT2D eigenvalue weighted by Gasteiger charge is -2.05. The van der Waals surface area contributed by atoms with Crippen molar-refractivity contribution >= 4 is 15.9 Å². The number of phenols is 1. The van der Waals surface area contributed by atoms with Crippen molar-refractivity contribution in [3.05, 3.63) is 52.8 Å². The van der Waals surface area contributed by atoms with Gasteiger partial charge in [0.05, 0.1) is 0 Å². The van der Waals surface area contributed by atoms with Crippen LogP contribution in [0.2, 0.25) is 0 Å². The Kier molecular flexibility index (Phi) is 2.73. The number of hydrogen-bond acceptors (Lipinski definition) is 1. The lowest BCUT2D eigenvalue weighted by atomic mass is 10.0. The molecule has 0 saturated heterocycles. The van der Waals surface area contributed by atoms with Gasteiger partial charge < -0.3 is 5.11 Å². The second-order valence-electron chi connectivity index (χ2n) is 3.17. The molecule has 76 valence electrons. The van der Waals surface area contributed by atoms with Crippen molar-refractivity contribution in [2.75, 3.05) is 0 Å². The van der Waals surface area contributed by atoms with Crippen molar-refractivity contribution in [3.8, 4) is 16.9 Å². The quantitative estimate of drug-likeness (QED) is 0.829. The number of rotatable bonds is 1. The molecule has 0 aromatic heterocycles. The standard InChI is InChI=1S/C12H8BrFO/c13-9-3-1-2-8(6-9)11-7-10(14)4-5-12(11)15/h1-7,15H. The van der Waals surface area contributed by atoms with Gasteiger partial charge in [-0.3, -0.25) is 0 Å². The molecule has 2 aromatic rings. The van der Waals surface area contributed by atoms with Crippen molar-refractivity contribution in [1.82, 2.24) is 0 Å². The third-order valence-electron chi connectivity index (χ3n) is 2.09. The summed E-state index contributed by atoms with van der Waals surface area (Å²) in [6.45, 7) is 0. The van der Waals surface area contributed by atoms with Crippen LogP contribution in [-0.2, 0) is 0 Å². The van der Waals surface area contributed by atoms with Crippen LogP contribution in [0, 0.1) is 5.82 Å². The molecule has 0 atom stereocenters. The smallest absolute Gasteiger partial charge is 0.124 e. The maximum Gasteiger partial charge on any atom is 0.124 e. The Morgan fingerprint density at radius 2 is 1.87 bits per heavy atom. The van der Waals surface area contributed by atoms with E-state index in [1.54, 1.807) is 0 Å². The fraction of sp³-hybridized carbons (Fsp3) is 0. The summed E-state index contributed by atoms with van der Waals surface area (Å²) in [6.07, 6.45) is 0. The average molecular weight is 267 g/mol. The fourth-order valence-electron chi connectivity index (χ4n) is 1.40. The van der Waals surface area contributed by atoms with Crippen LogP contribution in [0.1, 0.15) is 0 Å². The minimum absolute atomic E-state index is 0.0782. The molecule has 0 saturated carbocycles. The summed E-state index contributed by atoms with van der Waals surface area (Å²) in [6, 6.07) is 11.3. The van der Waals surface area contributed by atoms with E-state index in [2.05, 4.69) is 15.9 Å². The van der Waals surface area contributed by atoms with Gasteiger partial charge in [0, 0.05) is 10.0 Å². The van der Waals surface area contributed by atoms with Crippen LogP contribution in [0.4, 0.5) is 4.39 Å². The van der Waals surface area contributed by atoms with Crippen LogP contribution in [0.5, 0.6) is 5.75 Å². The van der Waals surface area contributed by atoms with Crippen molar-refractivity contribution in [1.29, 1.82) is 0 Å². The Labute approximate surface area is 95.3 Å². The van der Waals surface area contributed by atoms with Crippen LogP contribution in [-0.4, -0.2) is 5.11 Å². The molecule has 0 fully saturated rings. The molecular weight excluding hydrogens is 259 g/mol. The summed E-state index contributed by atoms with van der Waals surface area (Å²) >= 11 is 3.33. The molecular formula is C12H8BrFO. The zero-order valence-corrected chi connectivity index (χ0v) is 9.33. The van der Waals surface area contributed by atoms with Gasteiger partial charge in [-0.1, -0.05) is 28.1 Å². The van der Waals surface area contributed by atoms with E-state index in [1.807, 2.05) is 24.3 Å². The number of halogens is 2. The van der Waals surface area contributed by atoms with Gasteiger partial charge in [-0.2, -0.15) is 0 Å². The topological polar surface area (TPSA) is 20.2 Å². The van der Waals surface area contributed by atoms with Crippen LogP contribution < -0.4 is 0 Å². The van der Waals surface area contributed by atoms with Gasteiger partial charge in [0.2, 0.25) is 0 Å². The highest BCUT2D eigenvalue weighted by molar-refractivity contribution is 9.10. The Morgan fingerprint density at radius 3 is 2.60 bits per heavy atom. The third kappa shape index (κ3) is 2.18. The van der Waals surface area contributed by atoms with E-state index in [9.17, 15) is 9.50 Å². The molecule has 0 radical (unpaired) electrons. The molecule has 2 rings (SSSR count). The van der Waals surface area contributed by atoms with E-state index in [0.29, 0.717) is 5.56 Å². The summed E-state index contributed by atoms with van der Waals surface area (Å²) in [4.78, 5) is 0. The van der Waals surface area contributed by atoms with Crippen molar-refractivity contribution < 1.29 is 9.50 Å². The van der Waals surface area contributed by atoms with Crippen molar-refractivity contribution in [2.24, 2.45) is 0 Å². The highest BCUT2D eigenvalue weighted by atomic mass is 79.9. The van der Waals surface area contributed by atoms with Crippen LogP contribution in [0.3, 0.4) is 0 Å². The Hall–Kier alpha value is -1.35. The number of aromatic hydroxyl groups is 1. The SMILES string of the molecule is Oc1ccc(F)cc1-c1cccc(Br)c1. The van der Waals surface area contributed by atoms with Crippen LogP contribution in [0.15, 0.2) is 46.9 Å². The molecule has 0 unspecified atom stereocenters. The van der Waals surface area contributed by atoms with Gasteiger partial charge in [0.25, 0.3) is 0 Å². The monoisotopic (exact) mass is 266 g/mol. The first-order valence-corrected chi connectivity index (χ1v) is 5.20. The van der Waals surface area contributed by atoms with Crippen LogP contribution in [0.25, 0.3) is 11.1 Å². The second kappa shape index (κ2) is 4.03. The van der Waals surface area contributed by atoms with Crippen molar-refractivity contribution in [2.45, 2.75) is 0 Å². The summed E-state index contributed by atoms with van der Waals surface area (Å²) in [5.74, 6) is -0.280. The molecule has 0 bridgehead atoms. The molecule has 0 aliphatic heterocycles. The van der Waals surface area contributed by atoms with E-state index in [-0.39, 0.29) is 11.6 Å². The predicted molar refractivity (Wildman–Crippen MR) is 61.2 cm³/mol. The van der Waals surface area contributed by atoms with Gasteiger partial charge in [-0.05, 0) is 35.9 Å². The molecule has 0 aliphatic rings. The van der Waals surface area contributed by atoms with Crippen molar-refractivity contribution in [3.63, 3.8) is 0 Å². The minimum Gasteiger partial charge on any atom is -0.507 e. The Balaban J connectivity index is 2.58. The third-order valence-corrected chi connectivity index (χ3v) is 2.59. The first-order valence-electron chi connectivity index (χ1n) is 4.41. The molecule has 1 nitrogen and oxygen atoms in total. The molecule has 0 aliphatic carbocycles. The number of phenolic OH excluding ortho intramolecular Hbond substituents is 1. The zero-order chi connectivity index (χ0) is 10.8. The highest BCUT2D eigenvalue weighted by Crippen LogP contribution is 2.30. The van der Waals surface area contributed by atoms with E-state index >= 15 is 0 Å². The molecule has 0 amide bonds. The van der Waals surface area contributed by atoms with E-state index in [4.69, 9.17) is 0 Å². The average Bonchev–Trinajstić information content (AvgIpc) is 2.22. The van der Waals surface area contributed by atoms with E-state index < -0.39 is 0 Å². The van der Waals surface area contributed by atoms with Gasteiger partial charge in [0.1, 0.15) is 11.6 Å². The maximum atomic E-state index is 13.0. The summed E-state index contributed by atoms with van der Waals surface area (Å²) in [5, 5.41) is 9.60. The van der Waals surface area contributed by atoms with Gasteiger partial charge in [-0.15, -0.1) is 0 Å².